The van der Waals surface area contributed by atoms with Gasteiger partial charge < -0.3 is 14.8 Å². The van der Waals surface area contributed by atoms with Crippen LogP contribution in [0.15, 0.2) is 63.8 Å². The molecule has 1 atom stereocenters. The van der Waals surface area contributed by atoms with E-state index in [-0.39, 0.29) is 22.3 Å². The topological polar surface area (TPSA) is 79.5 Å². The molecule has 0 saturated heterocycles. The van der Waals surface area contributed by atoms with Gasteiger partial charge in [-0.2, -0.15) is 0 Å². The Labute approximate surface area is 190 Å². The number of hydrogen-bond donors (Lipinski definition) is 2. The molecule has 4 rings (SSSR count). The fourth-order valence-electron chi connectivity index (χ4n) is 4.06. The minimum Gasteiger partial charge on any atom is -0.478 e. The molecule has 0 fully saturated rings. The van der Waals surface area contributed by atoms with E-state index in [4.69, 9.17) is 4.42 Å². The average Bonchev–Trinajstić information content (AvgIpc) is 2.77. The first-order chi connectivity index (χ1) is 15.7. The summed E-state index contributed by atoms with van der Waals surface area (Å²) in [4.78, 5) is 25.0. The predicted octanol–water partition coefficient (Wildman–Crippen LogP) is 6.40. The third kappa shape index (κ3) is 4.12. The average molecular weight is 445 g/mol. The van der Waals surface area contributed by atoms with E-state index in [0.717, 1.165) is 11.1 Å². The number of aryl methyl sites for hydroxylation is 2. The number of benzene rings is 3. The van der Waals surface area contributed by atoms with Gasteiger partial charge in [-0.3, -0.25) is 4.79 Å². The minimum absolute atomic E-state index is 0.156. The van der Waals surface area contributed by atoms with Gasteiger partial charge in [0.2, 0.25) is 0 Å². The number of rotatable bonds is 5. The second kappa shape index (κ2) is 8.54. The van der Waals surface area contributed by atoms with Crippen molar-refractivity contribution in [3.63, 3.8) is 0 Å². The van der Waals surface area contributed by atoms with Crippen molar-refractivity contribution in [3.05, 3.63) is 98.5 Å². The molecule has 3 aromatic carbocycles. The van der Waals surface area contributed by atoms with Crippen molar-refractivity contribution in [3.8, 4) is 11.3 Å². The third-order valence-electron chi connectivity index (χ3n) is 5.75. The zero-order valence-electron chi connectivity index (χ0n) is 18.8. The van der Waals surface area contributed by atoms with Gasteiger partial charge in [-0.05, 0) is 63.6 Å². The summed E-state index contributed by atoms with van der Waals surface area (Å²) in [6, 6.07) is 14.6. The normalized spacial score (nSPS) is 12.0. The summed E-state index contributed by atoms with van der Waals surface area (Å²) in [5.41, 5.74) is 3.65. The Morgan fingerprint density at radius 1 is 1.03 bits per heavy atom. The number of halogens is 1. The van der Waals surface area contributed by atoms with Gasteiger partial charge in [0.05, 0.1) is 22.6 Å². The van der Waals surface area contributed by atoms with E-state index in [0.29, 0.717) is 27.8 Å². The van der Waals surface area contributed by atoms with Crippen molar-refractivity contribution in [2.24, 2.45) is 0 Å². The van der Waals surface area contributed by atoms with Crippen LogP contribution in [0, 0.1) is 26.6 Å². The number of hydrogen-bond acceptors (Lipinski definition) is 4. The molecule has 4 aromatic rings. The quantitative estimate of drug-likeness (QED) is 0.372. The number of nitrogens with one attached hydrogen (secondary N) is 1. The summed E-state index contributed by atoms with van der Waals surface area (Å²) >= 11 is 0. The number of aromatic carboxylic acids is 1. The highest BCUT2D eigenvalue weighted by Crippen LogP contribution is 2.33. The summed E-state index contributed by atoms with van der Waals surface area (Å²) in [7, 11) is 0. The molecule has 1 aromatic heterocycles. The fourth-order valence-corrected chi connectivity index (χ4v) is 4.06. The zero-order valence-corrected chi connectivity index (χ0v) is 18.8. The summed E-state index contributed by atoms with van der Waals surface area (Å²) < 4.78 is 20.7. The van der Waals surface area contributed by atoms with Gasteiger partial charge in [0.25, 0.3) is 0 Å². The zero-order chi connectivity index (χ0) is 23.9. The van der Waals surface area contributed by atoms with Crippen LogP contribution in [0.4, 0.5) is 10.1 Å². The highest BCUT2D eigenvalue weighted by Gasteiger charge is 2.21. The van der Waals surface area contributed by atoms with Crippen LogP contribution in [-0.2, 0) is 0 Å². The van der Waals surface area contributed by atoms with Gasteiger partial charge in [0, 0.05) is 16.8 Å². The molecule has 1 unspecified atom stereocenters. The minimum atomic E-state index is -1.04. The molecule has 5 nitrogen and oxygen atoms in total. The maximum Gasteiger partial charge on any atom is 0.337 e. The molecule has 33 heavy (non-hydrogen) atoms. The maximum atomic E-state index is 14.5. The van der Waals surface area contributed by atoms with E-state index in [1.165, 1.54) is 6.07 Å². The summed E-state index contributed by atoms with van der Waals surface area (Å²) in [6.07, 6.45) is 0. The lowest BCUT2D eigenvalue weighted by molar-refractivity contribution is 0.0697. The number of carbonyl (C=O) groups is 1. The molecule has 2 N–H and O–H groups in total. The van der Waals surface area contributed by atoms with Gasteiger partial charge in [-0.1, -0.05) is 29.8 Å². The molecular formula is C27H24FNO4. The van der Waals surface area contributed by atoms with E-state index in [1.54, 1.807) is 43.3 Å². The maximum absolute atomic E-state index is 14.5. The van der Waals surface area contributed by atoms with Gasteiger partial charge in [-0.25, -0.2) is 9.18 Å². The third-order valence-corrected chi connectivity index (χ3v) is 5.75. The van der Waals surface area contributed by atoms with E-state index >= 15 is 0 Å². The molecule has 0 aliphatic heterocycles. The summed E-state index contributed by atoms with van der Waals surface area (Å²) in [6.45, 7) is 7.20. The van der Waals surface area contributed by atoms with Gasteiger partial charge in [0.1, 0.15) is 17.2 Å². The largest absolute Gasteiger partial charge is 0.478 e. The Kier molecular flexibility index (Phi) is 5.77. The van der Waals surface area contributed by atoms with Gasteiger partial charge in [-0.15, -0.1) is 0 Å². The molecule has 168 valence electrons. The molecule has 0 bridgehead atoms. The second-order valence-corrected chi connectivity index (χ2v) is 8.32. The van der Waals surface area contributed by atoms with Crippen LogP contribution in [0.2, 0.25) is 0 Å². The van der Waals surface area contributed by atoms with Crippen LogP contribution in [0.25, 0.3) is 22.3 Å². The Morgan fingerprint density at radius 3 is 2.45 bits per heavy atom. The van der Waals surface area contributed by atoms with Crippen LogP contribution in [0.1, 0.15) is 45.6 Å². The van der Waals surface area contributed by atoms with Crippen molar-refractivity contribution in [1.29, 1.82) is 0 Å². The molecule has 0 radical (unpaired) electrons. The second-order valence-electron chi connectivity index (χ2n) is 8.32. The number of anilines is 1. The summed E-state index contributed by atoms with van der Waals surface area (Å²) in [5.74, 6) is -1.33. The molecule has 0 spiro atoms. The lowest BCUT2D eigenvalue weighted by Gasteiger charge is -2.20. The van der Waals surface area contributed by atoms with E-state index in [1.807, 2.05) is 32.9 Å². The smallest absolute Gasteiger partial charge is 0.337 e. The molecule has 0 amide bonds. The lowest BCUT2D eigenvalue weighted by atomic mass is 9.98. The lowest BCUT2D eigenvalue weighted by Crippen LogP contribution is -2.14. The number of carboxylic acids is 1. The highest BCUT2D eigenvalue weighted by molar-refractivity contribution is 5.94. The first-order valence-corrected chi connectivity index (χ1v) is 10.6. The Balaban J connectivity index is 1.90. The SMILES string of the molecule is Cc1ccc(NC(C)c2cc(C)cc3c(=O)c(C)c(-c4ccccc4F)oc23)c(C(=O)O)c1. The Bertz CT molecular complexity index is 1450. The molecule has 1 heterocycles. The van der Waals surface area contributed by atoms with Crippen molar-refractivity contribution in [2.75, 3.05) is 5.32 Å². The number of fused-ring (bicyclic) bond motifs is 1. The number of carboxylic acid groups (broad SMARTS) is 1. The van der Waals surface area contributed by atoms with Crippen molar-refractivity contribution >= 4 is 22.6 Å². The van der Waals surface area contributed by atoms with Crippen LogP contribution >= 0.6 is 0 Å². The molecule has 0 aliphatic carbocycles. The first-order valence-electron chi connectivity index (χ1n) is 10.6. The predicted molar refractivity (Wildman–Crippen MR) is 128 cm³/mol. The monoisotopic (exact) mass is 445 g/mol. The fraction of sp³-hybridized carbons (Fsp3) is 0.185. The Morgan fingerprint density at radius 2 is 1.76 bits per heavy atom. The standard InChI is InChI=1S/C27H24FNO4/c1-14-9-10-23(20(11-14)27(31)32)29-17(4)19-12-15(2)13-21-24(30)16(3)25(33-26(19)21)18-7-5-6-8-22(18)28/h5-13,17,29H,1-4H3,(H,31,32). The molecular weight excluding hydrogens is 421 g/mol. The van der Waals surface area contributed by atoms with Crippen molar-refractivity contribution in [1.82, 2.24) is 0 Å². The van der Waals surface area contributed by atoms with Crippen LogP contribution in [0.3, 0.4) is 0 Å². The molecule has 0 aliphatic rings. The van der Waals surface area contributed by atoms with Crippen molar-refractivity contribution in [2.45, 2.75) is 33.7 Å². The van der Waals surface area contributed by atoms with Crippen molar-refractivity contribution < 1.29 is 18.7 Å². The van der Waals surface area contributed by atoms with Crippen LogP contribution in [0.5, 0.6) is 0 Å². The van der Waals surface area contributed by atoms with E-state index in [2.05, 4.69) is 5.32 Å². The van der Waals surface area contributed by atoms with E-state index in [9.17, 15) is 19.1 Å². The molecule has 6 heteroatoms. The van der Waals surface area contributed by atoms with Crippen LogP contribution in [-0.4, -0.2) is 11.1 Å². The first kappa shape index (κ1) is 22.3. The summed E-state index contributed by atoms with van der Waals surface area (Å²) in [5, 5.41) is 13.3. The van der Waals surface area contributed by atoms with Gasteiger partial charge in [0.15, 0.2) is 5.43 Å². The Hall–Kier alpha value is -3.93. The molecule has 0 saturated carbocycles. The highest BCUT2D eigenvalue weighted by atomic mass is 19.1. The van der Waals surface area contributed by atoms with Crippen LogP contribution < -0.4 is 10.7 Å². The van der Waals surface area contributed by atoms with Gasteiger partial charge >= 0.3 is 5.97 Å². The van der Waals surface area contributed by atoms with E-state index < -0.39 is 17.8 Å².